The Morgan fingerprint density at radius 1 is 1.22 bits per heavy atom. The molecule has 6 rings (SSSR count). The zero-order chi connectivity index (χ0) is 21.9. The lowest BCUT2D eigenvalue weighted by atomic mass is 9.95. The molecule has 3 saturated heterocycles. The van der Waals surface area contributed by atoms with Gasteiger partial charge in [0.05, 0.1) is 23.1 Å². The van der Waals surface area contributed by atoms with E-state index in [-0.39, 0.29) is 34.4 Å². The first-order valence-electron chi connectivity index (χ1n) is 11.4. The average Bonchev–Trinajstić information content (AvgIpc) is 3.42. The van der Waals surface area contributed by atoms with Gasteiger partial charge in [0.15, 0.2) is 11.0 Å². The lowest BCUT2D eigenvalue weighted by Crippen LogP contribution is -2.43. The standard InChI is InChI=1S/C22H26ClF2N5O2/c23-18-16(25)17-15(10-26-18)19(30-7-2-8-31-12-21(30)4-5-21)28-20(27-17)32-13-22-3-1-6-29(22)11-14(24)9-22/h10,14H,1-9,11-13H2/t14-,22+/m1/s1. The molecule has 0 N–H and O–H groups in total. The molecule has 10 heteroatoms. The SMILES string of the molecule is Fc1c(Cl)ncc2c(N3CCCOCC34CC4)nc(OC[C@@]34CCCN3C[C@H](F)C4)nc12. The molecule has 32 heavy (non-hydrogen) atoms. The fourth-order valence-corrected chi connectivity index (χ4v) is 5.85. The molecule has 7 nitrogen and oxygen atoms in total. The highest BCUT2D eigenvalue weighted by atomic mass is 35.5. The van der Waals surface area contributed by atoms with Crippen molar-refractivity contribution in [3.8, 4) is 6.01 Å². The summed E-state index contributed by atoms with van der Waals surface area (Å²) in [5, 5.41) is 0.280. The number of nitrogens with zero attached hydrogens (tertiary/aromatic N) is 5. The van der Waals surface area contributed by atoms with Crippen LogP contribution in [0.3, 0.4) is 0 Å². The van der Waals surface area contributed by atoms with Gasteiger partial charge in [-0.1, -0.05) is 11.6 Å². The summed E-state index contributed by atoms with van der Waals surface area (Å²) in [5.41, 5.74) is -0.360. The van der Waals surface area contributed by atoms with E-state index in [0.717, 1.165) is 45.2 Å². The maximum absolute atomic E-state index is 15.0. The molecule has 3 aliphatic heterocycles. The Bertz CT molecular complexity index is 1050. The van der Waals surface area contributed by atoms with E-state index in [0.29, 0.717) is 37.4 Å². The maximum atomic E-state index is 15.0. The molecule has 0 bridgehead atoms. The zero-order valence-electron chi connectivity index (χ0n) is 17.8. The van der Waals surface area contributed by atoms with Crippen LogP contribution in [0, 0.1) is 5.82 Å². The van der Waals surface area contributed by atoms with E-state index in [1.54, 1.807) is 0 Å². The second-order valence-corrected chi connectivity index (χ2v) is 9.96. The summed E-state index contributed by atoms with van der Waals surface area (Å²) in [7, 11) is 0. The van der Waals surface area contributed by atoms with Crippen LogP contribution in [0.5, 0.6) is 6.01 Å². The van der Waals surface area contributed by atoms with E-state index in [1.807, 2.05) is 0 Å². The Labute approximate surface area is 190 Å². The summed E-state index contributed by atoms with van der Waals surface area (Å²) in [6, 6.07) is 0.0955. The summed E-state index contributed by atoms with van der Waals surface area (Å²) < 4.78 is 41.0. The van der Waals surface area contributed by atoms with Crippen LogP contribution >= 0.6 is 11.6 Å². The number of aromatic nitrogens is 3. The molecule has 0 radical (unpaired) electrons. The van der Waals surface area contributed by atoms with E-state index in [1.165, 1.54) is 6.20 Å². The number of hydrogen-bond acceptors (Lipinski definition) is 7. The van der Waals surface area contributed by atoms with E-state index < -0.39 is 12.0 Å². The highest BCUT2D eigenvalue weighted by molar-refractivity contribution is 6.30. The van der Waals surface area contributed by atoms with Crippen molar-refractivity contribution in [1.29, 1.82) is 0 Å². The molecule has 172 valence electrons. The predicted molar refractivity (Wildman–Crippen MR) is 116 cm³/mol. The smallest absolute Gasteiger partial charge is 0.319 e. The van der Waals surface area contributed by atoms with Crippen LogP contribution in [-0.2, 0) is 4.74 Å². The summed E-state index contributed by atoms with van der Waals surface area (Å²) in [5.74, 6) is -0.0782. The first kappa shape index (κ1) is 20.7. The Hall–Kier alpha value is -1.84. The molecule has 2 aromatic heterocycles. The van der Waals surface area contributed by atoms with Crippen LogP contribution in [-0.4, -0.2) is 76.6 Å². The van der Waals surface area contributed by atoms with Crippen LogP contribution < -0.4 is 9.64 Å². The lowest BCUT2D eigenvalue weighted by Gasteiger charge is -2.32. The molecule has 0 amide bonds. The van der Waals surface area contributed by atoms with Gasteiger partial charge in [0.1, 0.15) is 24.1 Å². The van der Waals surface area contributed by atoms with Gasteiger partial charge in [0, 0.05) is 32.3 Å². The molecule has 2 aromatic rings. The minimum absolute atomic E-state index is 0.0955. The van der Waals surface area contributed by atoms with Crippen molar-refractivity contribution in [3.05, 3.63) is 17.2 Å². The third kappa shape index (κ3) is 3.31. The molecule has 2 atom stereocenters. The zero-order valence-corrected chi connectivity index (χ0v) is 18.6. The van der Waals surface area contributed by atoms with Gasteiger partial charge in [-0.05, 0) is 38.6 Å². The topological polar surface area (TPSA) is 63.6 Å². The van der Waals surface area contributed by atoms with Crippen molar-refractivity contribution in [1.82, 2.24) is 19.9 Å². The molecule has 4 aliphatic rings. The van der Waals surface area contributed by atoms with Crippen molar-refractivity contribution >= 4 is 28.3 Å². The van der Waals surface area contributed by atoms with Crippen LogP contribution in [0.25, 0.3) is 10.9 Å². The number of pyridine rings is 1. The highest BCUT2D eigenvalue weighted by Gasteiger charge is 2.51. The quantitative estimate of drug-likeness (QED) is 0.640. The summed E-state index contributed by atoms with van der Waals surface area (Å²) in [6.45, 7) is 3.66. The summed E-state index contributed by atoms with van der Waals surface area (Å²) in [4.78, 5) is 17.5. The number of halogens is 3. The number of ether oxygens (including phenoxy) is 2. The fourth-order valence-electron chi connectivity index (χ4n) is 5.71. The maximum Gasteiger partial charge on any atom is 0.319 e. The molecular formula is C22H26ClF2N5O2. The molecule has 5 heterocycles. The van der Waals surface area contributed by atoms with Gasteiger partial charge in [-0.3, -0.25) is 4.90 Å². The second kappa shape index (κ2) is 7.60. The van der Waals surface area contributed by atoms with Gasteiger partial charge in [-0.25, -0.2) is 13.8 Å². The molecule has 0 aromatic carbocycles. The van der Waals surface area contributed by atoms with E-state index in [2.05, 4.69) is 19.8 Å². The van der Waals surface area contributed by atoms with Gasteiger partial charge in [0.2, 0.25) is 0 Å². The lowest BCUT2D eigenvalue weighted by molar-refractivity contribution is 0.107. The predicted octanol–water partition coefficient (Wildman–Crippen LogP) is 3.53. The largest absolute Gasteiger partial charge is 0.461 e. The monoisotopic (exact) mass is 465 g/mol. The van der Waals surface area contributed by atoms with Gasteiger partial charge < -0.3 is 14.4 Å². The van der Waals surface area contributed by atoms with Gasteiger partial charge in [-0.15, -0.1) is 0 Å². The van der Waals surface area contributed by atoms with Crippen molar-refractivity contribution in [2.24, 2.45) is 0 Å². The van der Waals surface area contributed by atoms with Crippen LogP contribution in [0.4, 0.5) is 14.6 Å². The fraction of sp³-hybridized carbons (Fsp3) is 0.682. The van der Waals surface area contributed by atoms with Crippen molar-refractivity contribution in [3.63, 3.8) is 0 Å². The minimum atomic E-state index is -0.846. The Morgan fingerprint density at radius 2 is 2.09 bits per heavy atom. The number of alkyl halides is 1. The van der Waals surface area contributed by atoms with E-state index >= 15 is 0 Å². The van der Waals surface area contributed by atoms with Crippen molar-refractivity contribution < 1.29 is 18.3 Å². The molecule has 0 unspecified atom stereocenters. The second-order valence-electron chi connectivity index (χ2n) is 9.60. The first-order chi connectivity index (χ1) is 15.5. The Morgan fingerprint density at radius 3 is 2.94 bits per heavy atom. The average molecular weight is 466 g/mol. The third-order valence-electron chi connectivity index (χ3n) is 7.53. The molecule has 4 fully saturated rings. The van der Waals surface area contributed by atoms with E-state index in [4.69, 9.17) is 26.1 Å². The van der Waals surface area contributed by atoms with E-state index in [9.17, 15) is 8.78 Å². The first-order valence-corrected chi connectivity index (χ1v) is 11.8. The summed E-state index contributed by atoms with van der Waals surface area (Å²) >= 11 is 5.97. The van der Waals surface area contributed by atoms with Crippen molar-refractivity contribution in [2.75, 3.05) is 44.4 Å². The van der Waals surface area contributed by atoms with Gasteiger partial charge in [0.25, 0.3) is 0 Å². The van der Waals surface area contributed by atoms with Crippen LogP contribution in [0.2, 0.25) is 5.15 Å². The van der Waals surface area contributed by atoms with Gasteiger partial charge >= 0.3 is 6.01 Å². The Kier molecular flexibility index (Phi) is 4.93. The Balaban J connectivity index is 1.39. The molecule has 1 saturated carbocycles. The number of fused-ring (bicyclic) bond motifs is 2. The molecule has 1 spiro atoms. The molecular weight excluding hydrogens is 440 g/mol. The minimum Gasteiger partial charge on any atom is -0.461 e. The van der Waals surface area contributed by atoms with Crippen LogP contribution in [0.1, 0.15) is 38.5 Å². The normalized spacial score (nSPS) is 29.5. The summed E-state index contributed by atoms with van der Waals surface area (Å²) in [6.07, 6.45) is 5.87. The molecule has 1 aliphatic carbocycles. The third-order valence-corrected chi connectivity index (χ3v) is 7.79. The number of hydrogen-bond donors (Lipinski definition) is 0. The number of anilines is 1. The van der Waals surface area contributed by atoms with Gasteiger partial charge in [-0.2, -0.15) is 9.97 Å². The highest BCUT2D eigenvalue weighted by Crippen LogP contribution is 2.47. The van der Waals surface area contributed by atoms with Crippen LogP contribution in [0.15, 0.2) is 6.20 Å². The number of rotatable bonds is 4. The van der Waals surface area contributed by atoms with Crippen molar-refractivity contribution in [2.45, 2.75) is 55.8 Å².